The lowest BCUT2D eigenvalue weighted by atomic mass is 9.88. The van der Waals surface area contributed by atoms with Gasteiger partial charge in [0.2, 0.25) is 5.91 Å². The van der Waals surface area contributed by atoms with Gasteiger partial charge >= 0.3 is 0 Å². The quantitative estimate of drug-likeness (QED) is 0.406. The lowest BCUT2D eigenvalue weighted by Gasteiger charge is -2.31. The minimum atomic E-state index is 0.172. The number of fused-ring (bicyclic) bond motifs is 1. The molecule has 0 N–H and O–H groups in total. The Hall–Kier alpha value is -2.58. The molecule has 1 aliphatic heterocycles. The van der Waals surface area contributed by atoms with Crippen LogP contribution in [0.4, 0.5) is 0 Å². The molecule has 1 aromatic carbocycles. The minimum absolute atomic E-state index is 0.172. The second kappa shape index (κ2) is 11.0. The largest absolute Gasteiger partial charge is 0.497 e. The summed E-state index contributed by atoms with van der Waals surface area (Å²) in [5.74, 6) is 2.02. The van der Waals surface area contributed by atoms with Gasteiger partial charge < -0.3 is 19.1 Å². The van der Waals surface area contributed by atoms with Crippen LogP contribution < -0.4 is 9.47 Å². The van der Waals surface area contributed by atoms with Crippen LogP contribution in [-0.4, -0.2) is 60.2 Å². The minimum Gasteiger partial charge on any atom is -0.497 e. The van der Waals surface area contributed by atoms with E-state index in [0.29, 0.717) is 19.0 Å². The molecule has 35 heavy (non-hydrogen) atoms. The normalized spacial score (nSPS) is 18.7. The summed E-state index contributed by atoms with van der Waals surface area (Å²) in [6, 6.07) is 5.75. The van der Waals surface area contributed by atoms with Gasteiger partial charge in [-0.2, -0.15) is 0 Å². The Morgan fingerprint density at radius 1 is 1.17 bits per heavy atom. The fraction of sp³-hybridized carbons (Fsp3) is 0.556. The second-order valence-corrected chi connectivity index (χ2v) is 10.4. The molecule has 188 valence electrons. The third-order valence-corrected chi connectivity index (χ3v) is 8.21. The molecule has 2 aliphatic rings. The lowest BCUT2D eigenvalue weighted by molar-refractivity contribution is -0.138. The van der Waals surface area contributed by atoms with E-state index in [1.807, 2.05) is 18.2 Å². The first-order chi connectivity index (χ1) is 17.2. The van der Waals surface area contributed by atoms with Gasteiger partial charge in [-0.05, 0) is 43.9 Å². The van der Waals surface area contributed by atoms with E-state index in [9.17, 15) is 4.79 Å². The number of carbonyl (C=O) groups is 1. The number of carbonyl (C=O) groups excluding carboxylic acids is 1. The third kappa shape index (κ3) is 5.33. The van der Waals surface area contributed by atoms with Crippen molar-refractivity contribution in [3.63, 3.8) is 0 Å². The van der Waals surface area contributed by atoms with Gasteiger partial charge in [0.1, 0.15) is 11.5 Å². The maximum atomic E-state index is 13.5. The molecule has 0 spiro atoms. The highest BCUT2D eigenvalue weighted by atomic mass is 32.1. The molecule has 0 bridgehead atoms. The van der Waals surface area contributed by atoms with Crippen molar-refractivity contribution in [1.29, 1.82) is 0 Å². The van der Waals surface area contributed by atoms with Crippen LogP contribution in [0.1, 0.15) is 50.6 Å². The summed E-state index contributed by atoms with van der Waals surface area (Å²) in [5.41, 5.74) is 2.92. The zero-order valence-corrected chi connectivity index (χ0v) is 21.5. The molecule has 3 aromatic rings. The van der Waals surface area contributed by atoms with E-state index in [1.165, 1.54) is 25.0 Å². The standard InChI is InChI=1S/C27H35N3O4S/c1-32-21-10-11-25(33-2)23(15-21)24-17-30-20(18-35-27(30)28-24)12-13-29(16-22-9-6-14-34-22)26(31)19-7-4-3-5-8-19/h10-11,15,17-19,22H,3-9,12-14,16H2,1-2H3. The van der Waals surface area contributed by atoms with Crippen molar-refractivity contribution in [3.05, 3.63) is 35.5 Å². The van der Waals surface area contributed by atoms with Gasteiger partial charge in [0, 0.05) is 54.9 Å². The first-order valence-corrected chi connectivity index (χ1v) is 13.6. The number of ether oxygens (including phenoxy) is 3. The van der Waals surface area contributed by atoms with Gasteiger partial charge in [0.15, 0.2) is 4.96 Å². The molecule has 7 nitrogen and oxygen atoms in total. The molecule has 2 aromatic heterocycles. The summed E-state index contributed by atoms with van der Waals surface area (Å²) in [6.07, 6.45) is 10.8. The maximum Gasteiger partial charge on any atom is 0.225 e. The molecular weight excluding hydrogens is 462 g/mol. The Bertz CT molecular complexity index is 1140. The molecule has 1 atom stereocenters. The topological polar surface area (TPSA) is 65.3 Å². The van der Waals surface area contributed by atoms with E-state index in [2.05, 4.69) is 20.9 Å². The molecule has 3 heterocycles. The molecule has 1 aliphatic carbocycles. The zero-order chi connectivity index (χ0) is 24.2. The number of imidazole rings is 1. The molecule has 1 saturated heterocycles. The van der Waals surface area contributed by atoms with E-state index in [1.54, 1.807) is 25.6 Å². The van der Waals surface area contributed by atoms with E-state index in [-0.39, 0.29) is 12.0 Å². The SMILES string of the molecule is COc1ccc(OC)c(-c2cn3c(CCN(CC4CCCO4)C(=O)C4CCCCC4)csc3n2)c1. The molecular formula is C27H35N3O4S. The molecule has 8 heteroatoms. The van der Waals surface area contributed by atoms with Crippen LogP contribution in [0.25, 0.3) is 16.2 Å². The van der Waals surface area contributed by atoms with Gasteiger partial charge in [-0.1, -0.05) is 19.3 Å². The van der Waals surface area contributed by atoms with E-state index in [0.717, 1.165) is 66.4 Å². The Labute approximate surface area is 211 Å². The lowest BCUT2D eigenvalue weighted by Crippen LogP contribution is -2.42. The van der Waals surface area contributed by atoms with Gasteiger partial charge in [0.25, 0.3) is 0 Å². The molecule has 1 saturated carbocycles. The van der Waals surface area contributed by atoms with Crippen molar-refractivity contribution in [2.75, 3.05) is 33.9 Å². The summed E-state index contributed by atoms with van der Waals surface area (Å²) < 4.78 is 19.0. The van der Waals surface area contributed by atoms with Crippen LogP contribution in [0.5, 0.6) is 11.5 Å². The fourth-order valence-corrected chi connectivity index (χ4v) is 6.24. The molecule has 0 radical (unpaired) electrons. The van der Waals surface area contributed by atoms with Crippen LogP contribution in [0.3, 0.4) is 0 Å². The van der Waals surface area contributed by atoms with Crippen LogP contribution >= 0.6 is 11.3 Å². The Morgan fingerprint density at radius 2 is 2.03 bits per heavy atom. The Morgan fingerprint density at radius 3 is 2.77 bits per heavy atom. The highest BCUT2D eigenvalue weighted by molar-refractivity contribution is 7.15. The van der Waals surface area contributed by atoms with Gasteiger partial charge in [-0.25, -0.2) is 4.98 Å². The monoisotopic (exact) mass is 497 g/mol. The molecule has 5 rings (SSSR count). The highest BCUT2D eigenvalue weighted by Gasteiger charge is 2.29. The van der Waals surface area contributed by atoms with Gasteiger partial charge in [0.05, 0.1) is 26.0 Å². The summed E-state index contributed by atoms with van der Waals surface area (Å²) in [7, 11) is 3.33. The molecule has 1 amide bonds. The van der Waals surface area contributed by atoms with Crippen molar-refractivity contribution in [1.82, 2.24) is 14.3 Å². The predicted molar refractivity (Wildman–Crippen MR) is 137 cm³/mol. The maximum absolute atomic E-state index is 13.5. The molecule has 1 unspecified atom stereocenters. The zero-order valence-electron chi connectivity index (χ0n) is 20.7. The number of hydrogen-bond acceptors (Lipinski definition) is 6. The Kier molecular flexibility index (Phi) is 7.58. The van der Waals surface area contributed by atoms with Crippen molar-refractivity contribution in [3.8, 4) is 22.8 Å². The fourth-order valence-electron chi connectivity index (χ4n) is 5.34. The average molecular weight is 498 g/mol. The summed E-state index contributed by atoms with van der Waals surface area (Å²) in [5, 5.41) is 2.16. The van der Waals surface area contributed by atoms with Crippen molar-refractivity contribution in [2.45, 2.75) is 57.5 Å². The number of amides is 1. The average Bonchev–Trinajstić information content (AvgIpc) is 3.65. The first kappa shape index (κ1) is 24.1. The van der Waals surface area contributed by atoms with Crippen molar-refractivity contribution < 1.29 is 19.0 Å². The number of aromatic nitrogens is 2. The summed E-state index contributed by atoms with van der Waals surface area (Å²) in [6.45, 7) is 2.22. The van der Waals surface area contributed by atoms with E-state index in [4.69, 9.17) is 19.2 Å². The number of benzene rings is 1. The first-order valence-electron chi connectivity index (χ1n) is 12.7. The third-order valence-electron chi connectivity index (χ3n) is 7.32. The summed E-state index contributed by atoms with van der Waals surface area (Å²) in [4.78, 5) is 21.3. The number of methoxy groups -OCH3 is 2. The van der Waals surface area contributed by atoms with Crippen LogP contribution in [0, 0.1) is 5.92 Å². The van der Waals surface area contributed by atoms with Gasteiger partial charge in [-0.15, -0.1) is 11.3 Å². The number of hydrogen-bond donors (Lipinski definition) is 0. The van der Waals surface area contributed by atoms with E-state index < -0.39 is 0 Å². The van der Waals surface area contributed by atoms with Crippen LogP contribution in [-0.2, 0) is 16.0 Å². The van der Waals surface area contributed by atoms with Crippen LogP contribution in [0.2, 0.25) is 0 Å². The highest BCUT2D eigenvalue weighted by Crippen LogP contribution is 2.34. The number of rotatable bonds is 9. The molecule has 2 fully saturated rings. The Balaban J connectivity index is 1.35. The van der Waals surface area contributed by atoms with Crippen molar-refractivity contribution in [2.24, 2.45) is 5.92 Å². The number of nitrogens with zero attached hydrogens (tertiary/aromatic N) is 3. The summed E-state index contributed by atoms with van der Waals surface area (Å²) >= 11 is 1.63. The van der Waals surface area contributed by atoms with Crippen molar-refractivity contribution >= 4 is 22.2 Å². The van der Waals surface area contributed by atoms with Gasteiger partial charge in [-0.3, -0.25) is 9.20 Å². The van der Waals surface area contributed by atoms with E-state index >= 15 is 0 Å². The predicted octanol–water partition coefficient (Wildman–Crippen LogP) is 5.21. The van der Waals surface area contributed by atoms with Crippen LogP contribution in [0.15, 0.2) is 29.8 Å². The second-order valence-electron chi connectivity index (χ2n) is 9.58. The smallest absolute Gasteiger partial charge is 0.225 e. The number of thiazole rings is 1.